The average molecular weight is 137 g/mol. The Bertz CT molecular complexity index is 280. The Kier molecular flexibility index (Phi) is 1.60. The molecule has 1 rings (SSSR count). The summed E-state index contributed by atoms with van der Waals surface area (Å²) in [6.45, 7) is 1.84. The number of aryl methyl sites for hydroxylation is 2. The quantitative estimate of drug-likeness (QED) is 0.330. The minimum atomic E-state index is 0.542. The van der Waals surface area contributed by atoms with Crippen molar-refractivity contribution in [2.75, 3.05) is 0 Å². The summed E-state index contributed by atoms with van der Waals surface area (Å²) < 4.78 is 1.54. The second-order valence-electron chi connectivity index (χ2n) is 1.96. The first-order valence-corrected chi connectivity index (χ1v) is 2.80. The van der Waals surface area contributed by atoms with E-state index < -0.39 is 0 Å². The predicted molar refractivity (Wildman–Crippen MR) is 36.8 cm³/mol. The molecule has 0 unspecified atom stereocenters. The van der Waals surface area contributed by atoms with Gasteiger partial charge in [-0.15, -0.1) is 0 Å². The van der Waals surface area contributed by atoms with E-state index in [1.54, 1.807) is 13.1 Å². The molecular weight excluding hydrogens is 130 g/mol. The number of aromatic nitrogens is 2. The van der Waals surface area contributed by atoms with Crippen LogP contribution in [-0.2, 0) is 7.05 Å². The van der Waals surface area contributed by atoms with Gasteiger partial charge in [-0.3, -0.25) is 4.68 Å². The van der Waals surface area contributed by atoms with Crippen molar-refractivity contribution in [3.63, 3.8) is 0 Å². The van der Waals surface area contributed by atoms with Crippen LogP contribution in [-0.4, -0.2) is 9.78 Å². The van der Waals surface area contributed by atoms with E-state index in [0.717, 1.165) is 5.69 Å². The summed E-state index contributed by atoms with van der Waals surface area (Å²) >= 11 is 0. The summed E-state index contributed by atoms with van der Waals surface area (Å²) in [4.78, 5) is 2.64. The van der Waals surface area contributed by atoms with Crippen molar-refractivity contribution in [2.24, 2.45) is 12.2 Å². The van der Waals surface area contributed by atoms with E-state index in [2.05, 4.69) is 15.1 Å². The van der Waals surface area contributed by atoms with Gasteiger partial charge in [0.1, 0.15) is 5.82 Å². The van der Waals surface area contributed by atoms with E-state index >= 15 is 0 Å². The molecule has 0 spiro atoms. The van der Waals surface area contributed by atoms with Crippen LogP contribution in [0.25, 0.3) is 10.4 Å². The van der Waals surface area contributed by atoms with Crippen LogP contribution in [0.2, 0.25) is 0 Å². The number of hydrogen-bond donors (Lipinski definition) is 0. The highest BCUT2D eigenvalue weighted by Crippen LogP contribution is 2.11. The number of hydrogen-bond acceptors (Lipinski definition) is 2. The summed E-state index contributed by atoms with van der Waals surface area (Å²) in [6, 6.07) is 1.72. The zero-order valence-corrected chi connectivity index (χ0v) is 5.81. The fourth-order valence-electron chi connectivity index (χ4n) is 0.736. The Morgan fingerprint density at radius 1 is 1.80 bits per heavy atom. The van der Waals surface area contributed by atoms with Gasteiger partial charge >= 0.3 is 0 Å². The molecule has 0 bridgehead atoms. The lowest BCUT2D eigenvalue weighted by Crippen LogP contribution is -1.88. The van der Waals surface area contributed by atoms with Crippen molar-refractivity contribution in [3.8, 4) is 0 Å². The van der Waals surface area contributed by atoms with Crippen LogP contribution in [0, 0.1) is 6.92 Å². The highest BCUT2D eigenvalue weighted by molar-refractivity contribution is 5.28. The van der Waals surface area contributed by atoms with Crippen molar-refractivity contribution in [2.45, 2.75) is 6.92 Å². The first kappa shape index (κ1) is 6.64. The van der Waals surface area contributed by atoms with Gasteiger partial charge in [-0.25, -0.2) is 0 Å². The Labute approximate surface area is 57.9 Å². The molecule has 52 valence electrons. The van der Waals surface area contributed by atoms with Crippen LogP contribution < -0.4 is 0 Å². The summed E-state index contributed by atoms with van der Waals surface area (Å²) in [7, 11) is 1.73. The summed E-state index contributed by atoms with van der Waals surface area (Å²) in [5.74, 6) is 0.542. The van der Waals surface area contributed by atoms with Crippen LogP contribution in [0.3, 0.4) is 0 Å². The van der Waals surface area contributed by atoms with Gasteiger partial charge in [0.2, 0.25) is 0 Å². The van der Waals surface area contributed by atoms with Gasteiger partial charge in [0.05, 0.1) is 5.69 Å². The van der Waals surface area contributed by atoms with Gasteiger partial charge in [0.25, 0.3) is 0 Å². The molecule has 0 aliphatic carbocycles. The molecule has 5 heteroatoms. The van der Waals surface area contributed by atoms with Crippen LogP contribution in [0.4, 0.5) is 5.82 Å². The third-order valence-electron chi connectivity index (χ3n) is 1.12. The van der Waals surface area contributed by atoms with E-state index in [-0.39, 0.29) is 0 Å². The monoisotopic (exact) mass is 137 g/mol. The van der Waals surface area contributed by atoms with Crippen molar-refractivity contribution in [1.29, 1.82) is 0 Å². The Hall–Kier alpha value is -1.48. The molecule has 1 heterocycles. The molecule has 0 aliphatic heterocycles. The predicted octanol–water partition coefficient (Wildman–Crippen LogP) is 1.67. The van der Waals surface area contributed by atoms with E-state index in [4.69, 9.17) is 5.53 Å². The maximum Gasteiger partial charge on any atom is 0.124 e. The van der Waals surface area contributed by atoms with E-state index in [1.807, 2.05) is 6.92 Å². The van der Waals surface area contributed by atoms with E-state index in [9.17, 15) is 0 Å². The molecule has 0 saturated carbocycles. The molecule has 10 heavy (non-hydrogen) atoms. The normalized spacial score (nSPS) is 9.00. The molecular formula is C5H7N5. The zero-order valence-electron chi connectivity index (χ0n) is 5.81. The summed E-state index contributed by atoms with van der Waals surface area (Å²) in [5.41, 5.74) is 8.92. The zero-order chi connectivity index (χ0) is 7.56. The third-order valence-corrected chi connectivity index (χ3v) is 1.12. The van der Waals surface area contributed by atoms with Gasteiger partial charge < -0.3 is 0 Å². The number of rotatable bonds is 1. The molecule has 0 N–H and O–H groups in total. The highest BCUT2D eigenvalue weighted by Gasteiger charge is 1.96. The molecule has 0 aliphatic rings. The van der Waals surface area contributed by atoms with Crippen molar-refractivity contribution < 1.29 is 0 Å². The maximum atomic E-state index is 8.07. The molecule has 0 fully saturated rings. The van der Waals surface area contributed by atoms with Gasteiger partial charge in [0, 0.05) is 12.0 Å². The second-order valence-corrected chi connectivity index (χ2v) is 1.96. The maximum absolute atomic E-state index is 8.07. The van der Waals surface area contributed by atoms with E-state index in [0.29, 0.717) is 5.82 Å². The average Bonchev–Trinajstić information content (AvgIpc) is 2.13. The fraction of sp³-hybridized carbons (Fsp3) is 0.400. The first-order chi connectivity index (χ1) is 4.74. The Morgan fingerprint density at radius 2 is 2.50 bits per heavy atom. The lowest BCUT2D eigenvalue weighted by atomic mass is 10.5. The van der Waals surface area contributed by atoms with Crippen molar-refractivity contribution in [1.82, 2.24) is 9.78 Å². The number of azide groups is 1. The topological polar surface area (TPSA) is 66.6 Å². The summed E-state index contributed by atoms with van der Waals surface area (Å²) in [6.07, 6.45) is 0. The van der Waals surface area contributed by atoms with Gasteiger partial charge in [-0.1, -0.05) is 0 Å². The third kappa shape index (κ3) is 1.09. The van der Waals surface area contributed by atoms with Crippen LogP contribution in [0.15, 0.2) is 11.2 Å². The molecule has 0 aromatic carbocycles. The van der Waals surface area contributed by atoms with Crippen LogP contribution >= 0.6 is 0 Å². The highest BCUT2D eigenvalue weighted by atomic mass is 15.3. The van der Waals surface area contributed by atoms with Gasteiger partial charge in [0.15, 0.2) is 0 Å². The van der Waals surface area contributed by atoms with E-state index in [1.165, 1.54) is 4.68 Å². The standard InChI is InChI=1S/C5H7N5/c1-4-3-5(7-9-6)10(2)8-4/h3H,1-2H3. The fourth-order valence-corrected chi connectivity index (χ4v) is 0.736. The Morgan fingerprint density at radius 3 is 2.90 bits per heavy atom. The molecule has 0 atom stereocenters. The van der Waals surface area contributed by atoms with Crippen molar-refractivity contribution >= 4 is 5.82 Å². The smallest absolute Gasteiger partial charge is 0.124 e. The minimum absolute atomic E-state index is 0.542. The molecule has 1 aromatic heterocycles. The van der Waals surface area contributed by atoms with Gasteiger partial charge in [-0.2, -0.15) is 5.10 Å². The molecule has 0 amide bonds. The molecule has 0 radical (unpaired) electrons. The molecule has 0 saturated heterocycles. The lowest BCUT2D eigenvalue weighted by Gasteiger charge is -1.88. The molecule has 1 aromatic rings. The second kappa shape index (κ2) is 2.41. The lowest BCUT2D eigenvalue weighted by molar-refractivity contribution is 0.758. The van der Waals surface area contributed by atoms with Gasteiger partial charge in [-0.05, 0) is 23.6 Å². The van der Waals surface area contributed by atoms with Crippen LogP contribution in [0.5, 0.6) is 0 Å². The summed E-state index contributed by atoms with van der Waals surface area (Å²) in [5, 5.41) is 7.39. The Balaban J connectivity index is 3.14. The number of nitrogens with zero attached hydrogens (tertiary/aromatic N) is 5. The minimum Gasteiger partial charge on any atom is -0.266 e. The first-order valence-electron chi connectivity index (χ1n) is 2.80. The molecule has 5 nitrogen and oxygen atoms in total. The largest absolute Gasteiger partial charge is 0.266 e. The SMILES string of the molecule is Cc1cc(N=[N+]=[N-])n(C)n1. The van der Waals surface area contributed by atoms with Crippen LogP contribution in [0.1, 0.15) is 5.69 Å². The van der Waals surface area contributed by atoms with Crippen molar-refractivity contribution in [3.05, 3.63) is 22.2 Å².